The van der Waals surface area contributed by atoms with E-state index in [2.05, 4.69) is 45.0 Å². The van der Waals surface area contributed by atoms with Gasteiger partial charge in [0.1, 0.15) is 0 Å². The highest BCUT2D eigenvalue weighted by molar-refractivity contribution is 5.25. The average Bonchev–Trinajstić information content (AvgIpc) is 2.38. The summed E-state index contributed by atoms with van der Waals surface area (Å²) in [5.74, 6) is 0.414. The molecule has 1 N–H and O–H groups in total. The van der Waals surface area contributed by atoms with Crippen LogP contribution in [0.2, 0.25) is 0 Å². The fraction of sp³-hybridized carbons (Fsp3) is 0.625. The normalized spacial score (nSPS) is 13.0. The van der Waals surface area contributed by atoms with E-state index in [0.717, 1.165) is 37.7 Å². The van der Waals surface area contributed by atoms with Crippen LogP contribution in [0, 0.1) is 5.92 Å². The Bertz CT molecular complexity index is 313. The molecule has 1 aromatic rings. The predicted molar refractivity (Wildman–Crippen MR) is 74.1 cm³/mol. The van der Waals surface area contributed by atoms with Gasteiger partial charge in [0.25, 0.3) is 0 Å². The van der Waals surface area contributed by atoms with Gasteiger partial charge in [-0.15, -0.1) is 0 Å². The van der Waals surface area contributed by atoms with Gasteiger partial charge in [-0.2, -0.15) is 0 Å². The van der Waals surface area contributed by atoms with E-state index in [1.165, 1.54) is 5.56 Å². The molecule has 0 fully saturated rings. The van der Waals surface area contributed by atoms with Crippen LogP contribution in [-0.2, 0) is 6.42 Å². The zero-order valence-electron chi connectivity index (χ0n) is 11.4. The van der Waals surface area contributed by atoms with Crippen LogP contribution >= 0.6 is 0 Å². The molecular weight excluding hydrogens is 208 g/mol. The number of aliphatic hydroxyl groups is 1. The van der Waals surface area contributed by atoms with Crippen molar-refractivity contribution in [3.05, 3.63) is 35.4 Å². The predicted octanol–water partition coefficient (Wildman–Crippen LogP) is 4.50. The Hall–Kier alpha value is -0.820. The number of benzene rings is 1. The molecule has 0 aliphatic carbocycles. The molecule has 0 saturated carbocycles. The van der Waals surface area contributed by atoms with E-state index in [4.69, 9.17) is 0 Å². The third-order valence-corrected chi connectivity index (χ3v) is 3.47. The van der Waals surface area contributed by atoms with E-state index in [9.17, 15) is 5.11 Å². The molecule has 1 rings (SSSR count). The molecule has 0 aliphatic rings. The van der Waals surface area contributed by atoms with Gasteiger partial charge in [0.05, 0.1) is 6.10 Å². The minimum Gasteiger partial charge on any atom is -0.388 e. The Kier molecular flexibility index (Phi) is 6.28. The summed E-state index contributed by atoms with van der Waals surface area (Å²) in [4.78, 5) is 0. The molecule has 0 aliphatic heterocycles. The molecule has 1 atom stereocenters. The van der Waals surface area contributed by atoms with Gasteiger partial charge >= 0.3 is 0 Å². The van der Waals surface area contributed by atoms with E-state index in [-0.39, 0.29) is 6.10 Å². The number of hydrogen-bond donors (Lipinski definition) is 1. The lowest BCUT2D eigenvalue weighted by molar-refractivity contribution is 0.0964. The molecule has 0 aromatic heterocycles. The summed E-state index contributed by atoms with van der Waals surface area (Å²) in [7, 11) is 0. The lowest BCUT2D eigenvalue weighted by Crippen LogP contribution is -2.12. The summed E-state index contributed by atoms with van der Waals surface area (Å²) in [6.45, 7) is 6.54. The van der Waals surface area contributed by atoms with Crippen LogP contribution < -0.4 is 0 Å². The first-order valence-corrected chi connectivity index (χ1v) is 6.99. The van der Waals surface area contributed by atoms with E-state index in [1.807, 2.05) is 0 Å². The first kappa shape index (κ1) is 14.2. The molecule has 1 nitrogen and oxygen atoms in total. The monoisotopic (exact) mass is 234 g/mol. The van der Waals surface area contributed by atoms with Crippen molar-refractivity contribution in [3.63, 3.8) is 0 Å². The maximum Gasteiger partial charge on any atom is 0.0818 e. The van der Waals surface area contributed by atoms with Gasteiger partial charge in [0.15, 0.2) is 0 Å². The summed E-state index contributed by atoms with van der Waals surface area (Å²) in [6.07, 6.45) is 5.27. The van der Waals surface area contributed by atoms with Gasteiger partial charge in [0.2, 0.25) is 0 Å². The lowest BCUT2D eigenvalue weighted by atomic mass is 9.87. The number of rotatable bonds is 7. The maximum atomic E-state index is 10.5. The van der Waals surface area contributed by atoms with Crippen LogP contribution in [0.1, 0.15) is 63.7 Å². The van der Waals surface area contributed by atoms with Gasteiger partial charge in [-0.3, -0.25) is 0 Å². The van der Waals surface area contributed by atoms with Crippen molar-refractivity contribution < 1.29 is 5.11 Å². The first-order valence-electron chi connectivity index (χ1n) is 6.99. The molecule has 0 saturated heterocycles. The van der Waals surface area contributed by atoms with Crippen molar-refractivity contribution in [1.82, 2.24) is 0 Å². The molecule has 0 bridgehead atoms. The Morgan fingerprint density at radius 2 is 1.71 bits per heavy atom. The molecule has 0 spiro atoms. The second kappa shape index (κ2) is 7.50. The van der Waals surface area contributed by atoms with E-state index < -0.39 is 0 Å². The van der Waals surface area contributed by atoms with Crippen molar-refractivity contribution in [2.45, 2.75) is 59.0 Å². The summed E-state index contributed by atoms with van der Waals surface area (Å²) in [5, 5.41) is 10.5. The summed E-state index contributed by atoms with van der Waals surface area (Å²) >= 11 is 0. The maximum absolute atomic E-state index is 10.5. The van der Waals surface area contributed by atoms with E-state index in [0.29, 0.717) is 5.92 Å². The second-order valence-electron chi connectivity index (χ2n) is 4.88. The van der Waals surface area contributed by atoms with Gasteiger partial charge in [-0.05, 0) is 36.3 Å². The third kappa shape index (κ3) is 4.16. The topological polar surface area (TPSA) is 20.2 Å². The molecule has 0 heterocycles. The van der Waals surface area contributed by atoms with Crippen molar-refractivity contribution >= 4 is 0 Å². The van der Waals surface area contributed by atoms with Gasteiger partial charge in [0, 0.05) is 0 Å². The number of aliphatic hydroxyl groups excluding tert-OH is 1. The van der Waals surface area contributed by atoms with Gasteiger partial charge in [-0.25, -0.2) is 0 Å². The average molecular weight is 234 g/mol. The minimum atomic E-state index is -0.290. The zero-order chi connectivity index (χ0) is 12.7. The van der Waals surface area contributed by atoms with Gasteiger partial charge < -0.3 is 5.11 Å². The second-order valence-corrected chi connectivity index (χ2v) is 4.88. The zero-order valence-corrected chi connectivity index (χ0v) is 11.4. The molecule has 1 unspecified atom stereocenters. The quantitative estimate of drug-likeness (QED) is 0.736. The molecule has 0 radical (unpaired) electrons. The molecule has 96 valence electrons. The Labute approximate surface area is 106 Å². The molecular formula is C16H26O. The van der Waals surface area contributed by atoms with Crippen molar-refractivity contribution in [3.8, 4) is 0 Å². The van der Waals surface area contributed by atoms with Crippen LogP contribution in [0.25, 0.3) is 0 Å². The van der Waals surface area contributed by atoms with Gasteiger partial charge in [-0.1, -0.05) is 57.9 Å². The van der Waals surface area contributed by atoms with Crippen LogP contribution in [-0.4, -0.2) is 5.11 Å². The molecule has 1 heteroatoms. The van der Waals surface area contributed by atoms with Crippen molar-refractivity contribution in [1.29, 1.82) is 0 Å². The van der Waals surface area contributed by atoms with Crippen LogP contribution in [0.15, 0.2) is 24.3 Å². The van der Waals surface area contributed by atoms with Crippen molar-refractivity contribution in [2.75, 3.05) is 0 Å². The summed E-state index contributed by atoms with van der Waals surface area (Å²) < 4.78 is 0. The summed E-state index contributed by atoms with van der Waals surface area (Å²) in [6, 6.07) is 8.41. The first-order chi connectivity index (χ1) is 8.22. The fourth-order valence-corrected chi connectivity index (χ4v) is 2.47. The van der Waals surface area contributed by atoms with Crippen molar-refractivity contribution in [2.24, 2.45) is 5.92 Å². The third-order valence-electron chi connectivity index (χ3n) is 3.47. The lowest BCUT2D eigenvalue weighted by Gasteiger charge is -2.22. The Morgan fingerprint density at radius 3 is 2.24 bits per heavy atom. The highest BCUT2D eigenvalue weighted by atomic mass is 16.3. The highest BCUT2D eigenvalue weighted by Gasteiger charge is 2.19. The number of hydrogen-bond acceptors (Lipinski definition) is 1. The van der Waals surface area contributed by atoms with Crippen LogP contribution in [0.5, 0.6) is 0 Å². The molecule has 17 heavy (non-hydrogen) atoms. The Balaban J connectivity index is 2.79. The van der Waals surface area contributed by atoms with E-state index >= 15 is 0 Å². The summed E-state index contributed by atoms with van der Waals surface area (Å²) in [5.41, 5.74) is 2.41. The highest BCUT2D eigenvalue weighted by Crippen LogP contribution is 2.29. The minimum absolute atomic E-state index is 0.290. The van der Waals surface area contributed by atoms with E-state index in [1.54, 1.807) is 0 Å². The number of aryl methyl sites for hydroxylation is 1. The molecule has 0 amide bonds. The smallest absolute Gasteiger partial charge is 0.0818 e. The largest absolute Gasteiger partial charge is 0.388 e. The van der Waals surface area contributed by atoms with Crippen LogP contribution in [0.3, 0.4) is 0 Å². The SMILES string of the molecule is CCCC(CCC)C(O)c1cccc(CC)c1. The fourth-order valence-electron chi connectivity index (χ4n) is 2.47. The standard InChI is InChI=1S/C16H26O/c1-4-8-14(9-5-2)16(17)15-11-7-10-13(6-3)12-15/h7,10-12,14,16-17H,4-6,8-9H2,1-3H3. The van der Waals surface area contributed by atoms with Crippen LogP contribution in [0.4, 0.5) is 0 Å². The molecule has 1 aromatic carbocycles. The Morgan fingerprint density at radius 1 is 1.06 bits per heavy atom.